The van der Waals surface area contributed by atoms with Crippen LogP contribution in [0.2, 0.25) is 5.02 Å². The monoisotopic (exact) mass is 290 g/mol. The van der Waals surface area contributed by atoms with Crippen LogP contribution in [0.15, 0.2) is 35.1 Å². The molecule has 0 spiro atoms. The molecule has 20 heavy (non-hydrogen) atoms. The van der Waals surface area contributed by atoms with Crippen molar-refractivity contribution in [2.75, 3.05) is 6.61 Å². The molecule has 0 aliphatic carbocycles. The van der Waals surface area contributed by atoms with Crippen molar-refractivity contribution < 1.29 is 14.4 Å². The van der Waals surface area contributed by atoms with Gasteiger partial charge in [-0.05, 0) is 18.2 Å². The number of rotatable bonds is 3. The number of carbonyl (C=O) groups is 1. The normalized spacial score (nSPS) is 9.70. The summed E-state index contributed by atoms with van der Waals surface area (Å²) in [5.74, 6) is 4.93. The molecule has 1 heterocycles. The summed E-state index contributed by atoms with van der Waals surface area (Å²) in [6.45, 7) is 0.0370. The zero-order valence-corrected chi connectivity index (χ0v) is 11.1. The van der Waals surface area contributed by atoms with Crippen molar-refractivity contribution in [2.45, 2.75) is 6.54 Å². The Balaban J connectivity index is 2.05. The molecule has 0 atom stereocenters. The first-order valence-corrected chi connectivity index (χ1v) is 6.15. The Morgan fingerprint density at radius 1 is 1.45 bits per heavy atom. The topological polar surface area (TPSA) is 75.4 Å². The van der Waals surface area contributed by atoms with Crippen LogP contribution in [0.1, 0.15) is 21.6 Å². The van der Waals surface area contributed by atoms with Crippen LogP contribution in [-0.2, 0) is 6.54 Å². The molecular weight excluding hydrogens is 280 g/mol. The van der Waals surface area contributed by atoms with Crippen LogP contribution in [0.3, 0.4) is 0 Å². The van der Waals surface area contributed by atoms with Gasteiger partial charge in [-0.25, -0.2) is 0 Å². The molecule has 0 bridgehead atoms. The van der Waals surface area contributed by atoms with Gasteiger partial charge in [-0.2, -0.15) is 0 Å². The Morgan fingerprint density at radius 2 is 2.30 bits per heavy atom. The van der Waals surface area contributed by atoms with Gasteiger partial charge in [0.05, 0.1) is 11.6 Å². The molecule has 1 aromatic heterocycles. The molecule has 1 aromatic carbocycles. The van der Waals surface area contributed by atoms with Crippen LogP contribution < -0.4 is 5.32 Å². The van der Waals surface area contributed by atoms with Gasteiger partial charge in [0.25, 0.3) is 5.91 Å². The molecule has 0 saturated heterocycles. The number of aliphatic hydroxyl groups is 1. The molecule has 2 N–H and O–H groups in total. The average Bonchev–Trinajstić information content (AvgIpc) is 2.96. The lowest BCUT2D eigenvalue weighted by Gasteiger charge is -2.04. The summed E-state index contributed by atoms with van der Waals surface area (Å²) >= 11 is 6.02. The molecule has 2 rings (SSSR count). The summed E-state index contributed by atoms with van der Waals surface area (Å²) in [5, 5.41) is 15.4. The van der Waals surface area contributed by atoms with Crippen molar-refractivity contribution in [3.8, 4) is 11.8 Å². The summed E-state index contributed by atoms with van der Waals surface area (Å²) in [5.41, 5.74) is 1.62. The Labute approximate surface area is 120 Å². The van der Waals surface area contributed by atoms with Gasteiger partial charge in [-0.1, -0.05) is 28.6 Å². The number of nitrogens with zero attached hydrogens (tertiary/aromatic N) is 1. The fourth-order valence-corrected chi connectivity index (χ4v) is 1.72. The second-order valence-corrected chi connectivity index (χ2v) is 4.24. The number of carbonyl (C=O) groups excluding carboxylic acids is 1. The van der Waals surface area contributed by atoms with E-state index in [0.29, 0.717) is 21.8 Å². The molecule has 0 radical (unpaired) electrons. The van der Waals surface area contributed by atoms with E-state index in [0.717, 1.165) is 0 Å². The van der Waals surface area contributed by atoms with Crippen molar-refractivity contribution in [1.29, 1.82) is 0 Å². The highest BCUT2D eigenvalue weighted by Gasteiger charge is 2.08. The van der Waals surface area contributed by atoms with E-state index in [1.165, 1.54) is 12.3 Å². The van der Waals surface area contributed by atoms with Crippen LogP contribution in [0.4, 0.5) is 0 Å². The van der Waals surface area contributed by atoms with E-state index in [1.54, 1.807) is 18.2 Å². The molecule has 0 aliphatic heterocycles. The Morgan fingerprint density at radius 3 is 2.95 bits per heavy atom. The molecular formula is C14H11ClN2O3. The fourth-order valence-electron chi connectivity index (χ4n) is 1.49. The van der Waals surface area contributed by atoms with Gasteiger partial charge in [0, 0.05) is 17.2 Å². The van der Waals surface area contributed by atoms with E-state index < -0.39 is 0 Å². The fraction of sp³-hybridized carbons (Fsp3) is 0.143. The summed E-state index contributed by atoms with van der Waals surface area (Å²) in [6, 6.07) is 6.45. The molecule has 0 unspecified atom stereocenters. The van der Waals surface area contributed by atoms with Crippen molar-refractivity contribution in [3.05, 3.63) is 52.4 Å². The van der Waals surface area contributed by atoms with E-state index in [9.17, 15) is 4.79 Å². The smallest absolute Gasteiger partial charge is 0.251 e. The first kappa shape index (κ1) is 14.1. The number of halogens is 1. The summed E-state index contributed by atoms with van der Waals surface area (Å²) in [4.78, 5) is 11.9. The lowest BCUT2D eigenvalue weighted by molar-refractivity contribution is 0.0950. The van der Waals surface area contributed by atoms with Gasteiger partial charge < -0.3 is 14.9 Å². The molecule has 6 heteroatoms. The number of aromatic nitrogens is 1. The number of aliphatic hydroxyl groups excluding tert-OH is 1. The molecule has 2 aromatic rings. The third-order valence-electron chi connectivity index (χ3n) is 2.45. The van der Waals surface area contributed by atoms with Crippen molar-refractivity contribution in [2.24, 2.45) is 0 Å². The minimum atomic E-state index is -0.267. The van der Waals surface area contributed by atoms with Gasteiger partial charge in [0.2, 0.25) is 0 Å². The van der Waals surface area contributed by atoms with Crippen LogP contribution >= 0.6 is 11.6 Å². The Kier molecular flexibility index (Phi) is 4.77. The minimum absolute atomic E-state index is 0.240. The maximum Gasteiger partial charge on any atom is 0.251 e. The van der Waals surface area contributed by atoms with E-state index in [-0.39, 0.29) is 19.1 Å². The Bertz CT molecular complexity index is 657. The van der Waals surface area contributed by atoms with Crippen LogP contribution in [0.5, 0.6) is 0 Å². The molecule has 0 fully saturated rings. The van der Waals surface area contributed by atoms with E-state index in [1.807, 2.05) is 0 Å². The average molecular weight is 291 g/mol. The van der Waals surface area contributed by atoms with Gasteiger partial charge in [0.1, 0.15) is 18.6 Å². The highest BCUT2D eigenvalue weighted by molar-refractivity contribution is 6.32. The van der Waals surface area contributed by atoms with Gasteiger partial charge >= 0.3 is 0 Å². The van der Waals surface area contributed by atoms with Gasteiger partial charge in [-0.3, -0.25) is 4.79 Å². The summed E-state index contributed by atoms with van der Waals surface area (Å²) in [6.07, 6.45) is 1.44. The van der Waals surface area contributed by atoms with Crippen LogP contribution in [0, 0.1) is 11.8 Å². The van der Waals surface area contributed by atoms with Gasteiger partial charge in [0.15, 0.2) is 0 Å². The maximum atomic E-state index is 11.9. The third-order valence-corrected chi connectivity index (χ3v) is 2.77. The summed E-state index contributed by atoms with van der Waals surface area (Å²) in [7, 11) is 0. The second kappa shape index (κ2) is 6.75. The lowest BCUT2D eigenvalue weighted by Crippen LogP contribution is -2.22. The second-order valence-electron chi connectivity index (χ2n) is 3.83. The first-order valence-electron chi connectivity index (χ1n) is 5.77. The quantitative estimate of drug-likeness (QED) is 0.842. The highest BCUT2D eigenvalue weighted by atomic mass is 35.5. The van der Waals surface area contributed by atoms with Crippen LogP contribution in [0.25, 0.3) is 0 Å². The van der Waals surface area contributed by atoms with Gasteiger partial charge in [-0.15, -0.1) is 0 Å². The van der Waals surface area contributed by atoms with Crippen molar-refractivity contribution >= 4 is 17.5 Å². The number of benzene rings is 1. The van der Waals surface area contributed by atoms with E-state index >= 15 is 0 Å². The largest absolute Gasteiger partial charge is 0.384 e. The molecule has 0 saturated carbocycles. The molecule has 1 amide bonds. The SMILES string of the molecule is O=C(NCc1ccon1)c1ccc(C#CCO)c(Cl)c1. The predicted octanol–water partition coefficient (Wildman–Crippen LogP) is 1.60. The third kappa shape index (κ3) is 3.60. The molecule has 102 valence electrons. The number of amides is 1. The standard InChI is InChI=1S/C14H11ClN2O3/c15-13-8-11(4-3-10(13)2-1-6-18)14(19)16-9-12-5-7-20-17-12/h3-5,7-8,18H,6,9H2,(H,16,19). The number of nitrogens with one attached hydrogen (secondary N) is 1. The van der Waals surface area contributed by atoms with Crippen LogP contribution in [-0.4, -0.2) is 22.8 Å². The highest BCUT2D eigenvalue weighted by Crippen LogP contribution is 2.17. The molecule has 0 aliphatic rings. The zero-order valence-electron chi connectivity index (χ0n) is 10.4. The predicted molar refractivity (Wildman–Crippen MR) is 73.1 cm³/mol. The lowest BCUT2D eigenvalue weighted by atomic mass is 10.1. The van der Waals surface area contributed by atoms with Crippen molar-refractivity contribution in [1.82, 2.24) is 10.5 Å². The number of hydrogen-bond donors (Lipinski definition) is 2. The van der Waals surface area contributed by atoms with E-state index in [4.69, 9.17) is 16.7 Å². The minimum Gasteiger partial charge on any atom is -0.384 e. The Hall–Kier alpha value is -2.29. The van der Waals surface area contributed by atoms with E-state index in [2.05, 4.69) is 26.8 Å². The van der Waals surface area contributed by atoms with Crippen molar-refractivity contribution in [3.63, 3.8) is 0 Å². The molecule has 5 nitrogen and oxygen atoms in total. The summed E-state index contributed by atoms with van der Waals surface area (Å²) < 4.78 is 4.67. The zero-order chi connectivity index (χ0) is 14.4. The first-order chi connectivity index (χ1) is 9.70. The number of hydrogen-bond acceptors (Lipinski definition) is 4. The maximum absolute atomic E-state index is 11.9.